The lowest BCUT2D eigenvalue weighted by molar-refractivity contribution is -0.139. The first-order valence-electron chi connectivity index (χ1n) is 23.1. The van der Waals surface area contributed by atoms with Gasteiger partial charge in [-0.15, -0.1) is 0 Å². The zero-order valence-electron chi connectivity index (χ0n) is 40.0. The summed E-state index contributed by atoms with van der Waals surface area (Å²) in [6, 6.07) is -0.414. The van der Waals surface area contributed by atoms with Crippen LogP contribution in [0.5, 0.6) is 0 Å². The molecule has 25 heteroatoms. The number of nitrogens with zero attached hydrogens (tertiary/aromatic N) is 1. The van der Waals surface area contributed by atoms with Crippen LogP contribution in [0, 0.1) is 11.8 Å². The number of imidazole rings is 1. The van der Waals surface area contributed by atoms with Crippen molar-refractivity contribution < 1.29 is 63.3 Å². The maximum Gasteiger partial charge on any atom is 0.322 e. The van der Waals surface area contributed by atoms with Crippen LogP contribution in [0.3, 0.4) is 0 Å². The number of amides is 8. The first-order valence-corrected chi connectivity index (χ1v) is 23.1. The number of aliphatic hydroxyl groups is 1. The lowest BCUT2D eigenvalue weighted by Crippen LogP contribution is -2.61. The number of aliphatic hydroxyl groups excluding tert-OH is 1. The minimum absolute atomic E-state index is 0.0729. The van der Waals surface area contributed by atoms with Crippen LogP contribution in [0.2, 0.25) is 0 Å². The number of carbonyl (C=O) groups excluding carboxylic acids is 8. The molecule has 2 aromatic rings. The van der Waals surface area contributed by atoms with Gasteiger partial charge < -0.3 is 74.3 Å². The third kappa shape index (κ3) is 21.1. The fourth-order valence-electron chi connectivity index (χ4n) is 6.81. The van der Waals surface area contributed by atoms with Gasteiger partial charge in [0, 0.05) is 24.7 Å². The summed E-state index contributed by atoms with van der Waals surface area (Å²) >= 11 is 0. The molecule has 0 unspecified atom stereocenters. The Labute approximate surface area is 405 Å². The highest BCUT2D eigenvalue weighted by molar-refractivity contribution is 5.97. The maximum atomic E-state index is 14.0. The van der Waals surface area contributed by atoms with Crippen molar-refractivity contribution in [2.45, 2.75) is 128 Å². The van der Waals surface area contributed by atoms with Crippen LogP contribution in [0.1, 0.15) is 83.9 Å². The molecule has 8 amide bonds. The molecule has 0 bridgehead atoms. The van der Waals surface area contributed by atoms with Crippen molar-refractivity contribution in [2.75, 3.05) is 26.2 Å². The van der Waals surface area contributed by atoms with Crippen molar-refractivity contribution in [3.8, 4) is 0 Å². The molecule has 1 aromatic carbocycles. The number of nitrogens with two attached hydrogens (primary N) is 2. The molecule has 25 nitrogen and oxygen atoms in total. The molecular formula is C45H70N12O13. The van der Waals surface area contributed by atoms with Crippen LogP contribution in [-0.2, 0) is 60.8 Å². The number of benzene rings is 1. The van der Waals surface area contributed by atoms with Gasteiger partial charge >= 0.3 is 11.9 Å². The smallest absolute Gasteiger partial charge is 0.322 e. The van der Waals surface area contributed by atoms with Crippen molar-refractivity contribution in [3.05, 3.63) is 54.1 Å². The molecule has 0 spiro atoms. The molecule has 70 heavy (non-hydrogen) atoms. The van der Waals surface area contributed by atoms with Gasteiger partial charge in [0.1, 0.15) is 42.8 Å². The summed E-state index contributed by atoms with van der Waals surface area (Å²) in [5, 5.41) is 48.0. The lowest BCUT2D eigenvalue weighted by Gasteiger charge is -2.30. The fourth-order valence-corrected chi connectivity index (χ4v) is 6.81. The van der Waals surface area contributed by atoms with E-state index in [2.05, 4.69) is 52.5 Å². The number of aromatic nitrogens is 2. The maximum absolute atomic E-state index is 14.0. The largest absolute Gasteiger partial charge is 0.481 e. The number of carbonyl (C=O) groups is 10. The first-order chi connectivity index (χ1) is 33.2. The van der Waals surface area contributed by atoms with Crippen molar-refractivity contribution in [1.82, 2.24) is 52.5 Å². The quantitative estimate of drug-likeness (QED) is 0.0314. The third-order valence-corrected chi connectivity index (χ3v) is 11.4. The summed E-state index contributed by atoms with van der Waals surface area (Å²) in [6.45, 7) is 4.69. The second-order valence-corrected chi connectivity index (χ2v) is 16.9. The minimum atomic E-state index is -1.59. The Hall–Kier alpha value is -6.99. The van der Waals surface area contributed by atoms with E-state index in [-0.39, 0.29) is 19.3 Å². The van der Waals surface area contributed by atoms with E-state index in [1.54, 1.807) is 58.0 Å². The summed E-state index contributed by atoms with van der Waals surface area (Å²) < 4.78 is 0. The molecule has 0 radical (unpaired) electrons. The van der Waals surface area contributed by atoms with E-state index in [9.17, 15) is 58.2 Å². The number of carboxylic acid groups (broad SMARTS) is 2. The van der Waals surface area contributed by atoms with Gasteiger partial charge in [-0.3, -0.25) is 47.9 Å². The number of nitrogens with one attached hydrogen (secondary N) is 9. The van der Waals surface area contributed by atoms with Gasteiger partial charge in [-0.2, -0.15) is 0 Å². The van der Waals surface area contributed by atoms with E-state index in [1.807, 2.05) is 0 Å². The molecule has 0 saturated carbocycles. The molecule has 0 aliphatic carbocycles. The number of aromatic amines is 1. The minimum Gasteiger partial charge on any atom is -0.481 e. The number of hydrogen-bond donors (Lipinski definition) is 14. The second kappa shape index (κ2) is 31.2. The molecule has 16 N–H and O–H groups in total. The van der Waals surface area contributed by atoms with E-state index < -0.39 is 146 Å². The molecule has 1 aromatic heterocycles. The summed E-state index contributed by atoms with van der Waals surface area (Å²) in [5.74, 6) is -10.6. The molecule has 0 fully saturated rings. The third-order valence-electron chi connectivity index (χ3n) is 11.4. The van der Waals surface area contributed by atoms with Gasteiger partial charge in [0.2, 0.25) is 47.3 Å². The Morgan fingerprint density at radius 2 is 1.19 bits per heavy atom. The van der Waals surface area contributed by atoms with Crippen molar-refractivity contribution in [3.63, 3.8) is 0 Å². The molecule has 2 rings (SSSR count). The van der Waals surface area contributed by atoms with Gasteiger partial charge in [-0.1, -0.05) is 70.9 Å². The Balaban J connectivity index is 2.23. The van der Waals surface area contributed by atoms with Crippen LogP contribution in [0.25, 0.3) is 0 Å². The summed E-state index contributed by atoms with van der Waals surface area (Å²) in [7, 11) is 0. The topological polar surface area (TPSA) is 408 Å². The highest BCUT2D eigenvalue weighted by Gasteiger charge is 2.36. The average molecular weight is 987 g/mol. The lowest BCUT2D eigenvalue weighted by atomic mass is 9.94. The highest BCUT2D eigenvalue weighted by Crippen LogP contribution is 2.14. The first kappa shape index (κ1) is 59.1. The van der Waals surface area contributed by atoms with Crippen molar-refractivity contribution >= 4 is 59.2 Å². The monoisotopic (exact) mass is 987 g/mol. The van der Waals surface area contributed by atoms with Crippen LogP contribution >= 0.6 is 0 Å². The Morgan fingerprint density at radius 1 is 0.629 bits per heavy atom. The second-order valence-electron chi connectivity index (χ2n) is 16.9. The van der Waals surface area contributed by atoms with E-state index >= 15 is 0 Å². The van der Waals surface area contributed by atoms with Crippen LogP contribution in [0.15, 0.2) is 42.9 Å². The van der Waals surface area contributed by atoms with Gasteiger partial charge in [0.25, 0.3) is 0 Å². The Morgan fingerprint density at radius 3 is 1.74 bits per heavy atom. The molecule has 0 saturated heterocycles. The van der Waals surface area contributed by atoms with E-state index in [0.717, 1.165) is 5.56 Å². The van der Waals surface area contributed by atoms with E-state index in [0.29, 0.717) is 37.9 Å². The van der Waals surface area contributed by atoms with Gasteiger partial charge in [0.15, 0.2) is 0 Å². The molecule has 388 valence electrons. The average Bonchev–Trinajstić information content (AvgIpc) is 3.86. The van der Waals surface area contributed by atoms with Crippen LogP contribution in [-0.4, -0.2) is 153 Å². The molecule has 0 aliphatic heterocycles. The normalized spacial score (nSPS) is 14.8. The zero-order chi connectivity index (χ0) is 52.3. The predicted molar refractivity (Wildman–Crippen MR) is 251 cm³/mol. The van der Waals surface area contributed by atoms with Crippen molar-refractivity contribution in [2.24, 2.45) is 23.3 Å². The molecular weight excluding hydrogens is 917 g/mol. The number of unbranched alkanes of at least 4 members (excludes halogenated alkanes) is 1. The van der Waals surface area contributed by atoms with Crippen LogP contribution in [0.4, 0.5) is 0 Å². The van der Waals surface area contributed by atoms with E-state index in [1.165, 1.54) is 12.5 Å². The SMILES string of the molecule is CC[C@H](C)[C@H](NC(=O)[C@H](CCC(=O)O)NC(=O)[C@H](Cc1cnc[nH]1)NC(=O)[C@@H](N)Cc1ccccc1)C(=O)N[C@H](C(=O)NCC(=O)N[C@@H](CO)C(=O)N[C@@H](CCCCN)C(=O)NCC(=O)O)[C@@H](C)CC. The van der Waals surface area contributed by atoms with Gasteiger partial charge in [-0.25, -0.2) is 4.98 Å². The highest BCUT2D eigenvalue weighted by atomic mass is 16.4. The van der Waals surface area contributed by atoms with Gasteiger partial charge in [0.05, 0.1) is 25.5 Å². The summed E-state index contributed by atoms with van der Waals surface area (Å²) in [5.41, 5.74) is 12.9. The predicted octanol–water partition coefficient (Wildman–Crippen LogP) is -3.17. The summed E-state index contributed by atoms with van der Waals surface area (Å²) in [6.07, 6.45) is 3.45. The standard InChI is InChI=1S/C45H70N12O13/c1-5-25(3)37(44(69)49-21-34(59)52-33(23-58)43(68)53-30(14-10-11-17-46)40(65)50-22-36(62)63)57-45(70)38(26(4)6-2)56-41(66)31(15-16-35(60)61)54-42(67)32(19-28-20-48-24-51-28)55-39(64)29(47)18-27-12-8-7-9-13-27/h7-9,12-13,20,24-26,29-33,37-38,58H,5-6,10-11,14-19,21-23,46-47H2,1-4H3,(H,48,51)(H,49,69)(H,50,65)(H,52,59)(H,53,68)(H,54,67)(H,55,64)(H,56,66)(H,57,70)(H,60,61)(H,62,63)/t25-,26-,29-,30-,31-,32-,33-,37-,38-/m0/s1. The molecule has 0 aliphatic rings. The van der Waals surface area contributed by atoms with Gasteiger partial charge in [-0.05, 0) is 56.0 Å². The zero-order valence-corrected chi connectivity index (χ0v) is 40.0. The fraction of sp³-hybridized carbons (Fsp3) is 0.578. The number of H-pyrrole nitrogens is 1. The molecule has 1 heterocycles. The number of carboxylic acids is 2. The Bertz CT molecular complexity index is 2040. The Kier molecular flexibility index (Phi) is 26.4. The number of rotatable bonds is 33. The number of hydrogen-bond acceptors (Lipinski definition) is 14. The van der Waals surface area contributed by atoms with Crippen LogP contribution < -0.4 is 54.0 Å². The number of aliphatic carboxylic acids is 2. The van der Waals surface area contributed by atoms with Crippen molar-refractivity contribution in [1.29, 1.82) is 0 Å². The van der Waals surface area contributed by atoms with E-state index in [4.69, 9.17) is 16.6 Å². The molecule has 9 atom stereocenters. The summed E-state index contributed by atoms with van der Waals surface area (Å²) in [4.78, 5) is 137.